The number of carbonyl (C=O) groups excluding carboxylic acids is 2. The second-order valence-corrected chi connectivity index (χ2v) is 5.55. The summed E-state index contributed by atoms with van der Waals surface area (Å²) < 4.78 is 0. The average Bonchev–Trinajstić information content (AvgIpc) is 2.65. The Bertz CT molecular complexity index is 664. The highest BCUT2D eigenvalue weighted by Gasteiger charge is 2.07. The SMILES string of the molecule is CC(CNc1ccccc1)NC(=O)NCCNC(=O)c1cccnc1. The summed E-state index contributed by atoms with van der Waals surface area (Å²) >= 11 is 0. The van der Waals surface area contributed by atoms with Crippen LogP contribution >= 0.6 is 0 Å². The van der Waals surface area contributed by atoms with Crippen LogP contribution in [0.15, 0.2) is 54.9 Å². The van der Waals surface area contributed by atoms with E-state index >= 15 is 0 Å². The maximum atomic E-state index is 11.8. The monoisotopic (exact) mass is 341 g/mol. The minimum atomic E-state index is -0.266. The van der Waals surface area contributed by atoms with Crippen LogP contribution in [0.3, 0.4) is 0 Å². The molecule has 3 amide bonds. The Labute approximate surface area is 147 Å². The van der Waals surface area contributed by atoms with Crippen LogP contribution in [0, 0.1) is 0 Å². The molecule has 2 aromatic rings. The Morgan fingerprint density at radius 2 is 1.80 bits per heavy atom. The first-order chi connectivity index (χ1) is 12.1. The van der Waals surface area contributed by atoms with Crippen molar-refractivity contribution in [2.24, 2.45) is 0 Å². The van der Waals surface area contributed by atoms with Gasteiger partial charge in [0.1, 0.15) is 0 Å². The lowest BCUT2D eigenvalue weighted by Gasteiger charge is -2.16. The molecule has 25 heavy (non-hydrogen) atoms. The van der Waals surface area contributed by atoms with Gasteiger partial charge in [-0.1, -0.05) is 18.2 Å². The topological polar surface area (TPSA) is 95.1 Å². The van der Waals surface area contributed by atoms with Crippen molar-refractivity contribution in [1.82, 2.24) is 20.9 Å². The smallest absolute Gasteiger partial charge is 0.315 e. The zero-order valence-corrected chi connectivity index (χ0v) is 14.2. The molecular weight excluding hydrogens is 318 g/mol. The molecule has 7 heteroatoms. The summed E-state index contributed by atoms with van der Waals surface area (Å²) in [6.07, 6.45) is 3.10. The van der Waals surface area contributed by atoms with Crippen LogP contribution in [-0.4, -0.2) is 42.6 Å². The molecule has 7 nitrogen and oxygen atoms in total. The van der Waals surface area contributed by atoms with Gasteiger partial charge in [-0.2, -0.15) is 0 Å². The van der Waals surface area contributed by atoms with Gasteiger partial charge < -0.3 is 21.3 Å². The summed E-state index contributed by atoms with van der Waals surface area (Å²) in [7, 11) is 0. The van der Waals surface area contributed by atoms with Crippen LogP contribution in [0.5, 0.6) is 0 Å². The molecule has 4 N–H and O–H groups in total. The third-order valence-electron chi connectivity index (χ3n) is 3.38. The van der Waals surface area contributed by atoms with Crippen molar-refractivity contribution in [1.29, 1.82) is 0 Å². The Morgan fingerprint density at radius 1 is 1.04 bits per heavy atom. The largest absolute Gasteiger partial charge is 0.383 e. The molecule has 0 saturated carbocycles. The van der Waals surface area contributed by atoms with Crippen molar-refractivity contribution in [2.75, 3.05) is 25.0 Å². The fourth-order valence-corrected chi connectivity index (χ4v) is 2.10. The predicted octanol–water partition coefficient (Wildman–Crippen LogP) is 1.61. The van der Waals surface area contributed by atoms with Gasteiger partial charge in [0.05, 0.1) is 5.56 Å². The number of hydrogen-bond donors (Lipinski definition) is 4. The number of hydrogen-bond acceptors (Lipinski definition) is 4. The van der Waals surface area contributed by atoms with Gasteiger partial charge in [-0.25, -0.2) is 4.79 Å². The first-order valence-electron chi connectivity index (χ1n) is 8.16. The lowest BCUT2D eigenvalue weighted by molar-refractivity contribution is 0.0953. The van der Waals surface area contributed by atoms with Crippen LogP contribution in [0.2, 0.25) is 0 Å². The summed E-state index contributed by atoms with van der Waals surface area (Å²) in [5.41, 5.74) is 1.50. The molecule has 1 aromatic heterocycles. The van der Waals surface area contributed by atoms with Crippen LogP contribution in [0.1, 0.15) is 17.3 Å². The fraction of sp³-hybridized carbons (Fsp3) is 0.278. The van der Waals surface area contributed by atoms with Gasteiger partial charge >= 0.3 is 6.03 Å². The van der Waals surface area contributed by atoms with Crippen LogP contribution in [0.4, 0.5) is 10.5 Å². The molecular formula is C18H23N5O2. The van der Waals surface area contributed by atoms with Crippen molar-refractivity contribution in [3.05, 3.63) is 60.4 Å². The van der Waals surface area contributed by atoms with Crippen molar-refractivity contribution >= 4 is 17.6 Å². The first-order valence-corrected chi connectivity index (χ1v) is 8.16. The summed E-state index contributed by atoms with van der Waals surface area (Å²) in [6, 6.07) is 12.9. The molecule has 0 aliphatic rings. The predicted molar refractivity (Wildman–Crippen MR) is 97.5 cm³/mol. The normalized spacial score (nSPS) is 11.2. The van der Waals surface area contributed by atoms with Gasteiger partial charge in [-0.05, 0) is 31.2 Å². The number of benzene rings is 1. The summed E-state index contributed by atoms with van der Waals surface area (Å²) in [5.74, 6) is -0.212. The Hall–Kier alpha value is -3.09. The second kappa shape index (κ2) is 9.92. The number of rotatable bonds is 8. The summed E-state index contributed by atoms with van der Waals surface area (Å²) in [6.45, 7) is 3.23. The van der Waals surface area contributed by atoms with Crippen molar-refractivity contribution in [3.8, 4) is 0 Å². The molecule has 0 radical (unpaired) electrons. The zero-order valence-electron chi connectivity index (χ0n) is 14.2. The highest BCUT2D eigenvalue weighted by atomic mass is 16.2. The van der Waals surface area contributed by atoms with Gasteiger partial charge in [0, 0.05) is 43.8 Å². The Morgan fingerprint density at radius 3 is 2.52 bits per heavy atom. The third-order valence-corrected chi connectivity index (χ3v) is 3.38. The number of urea groups is 1. The van der Waals surface area contributed by atoms with Crippen molar-refractivity contribution in [3.63, 3.8) is 0 Å². The molecule has 1 heterocycles. The van der Waals surface area contributed by atoms with E-state index in [1.54, 1.807) is 18.3 Å². The van der Waals surface area contributed by atoms with E-state index in [-0.39, 0.29) is 18.0 Å². The number of aromatic nitrogens is 1. The highest BCUT2D eigenvalue weighted by molar-refractivity contribution is 5.93. The molecule has 1 atom stereocenters. The van der Waals surface area contributed by atoms with Crippen molar-refractivity contribution < 1.29 is 9.59 Å². The molecule has 0 spiro atoms. The van der Waals surface area contributed by atoms with Gasteiger partial charge in [0.25, 0.3) is 5.91 Å². The first kappa shape index (κ1) is 18.3. The maximum absolute atomic E-state index is 11.8. The molecule has 132 valence electrons. The number of nitrogens with zero attached hydrogens (tertiary/aromatic N) is 1. The van der Waals surface area contributed by atoms with E-state index in [9.17, 15) is 9.59 Å². The molecule has 1 unspecified atom stereocenters. The molecule has 0 aliphatic heterocycles. The van der Waals surface area contributed by atoms with E-state index in [2.05, 4.69) is 26.3 Å². The van der Waals surface area contributed by atoms with Gasteiger partial charge in [-0.15, -0.1) is 0 Å². The number of amides is 3. The lowest BCUT2D eigenvalue weighted by atomic mass is 10.3. The standard InChI is InChI=1S/C18H23N5O2/c1-14(12-22-16-7-3-2-4-8-16)23-18(25)21-11-10-20-17(24)15-6-5-9-19-13-15/h2-9,13-14,22H,10-12H2,1H3,(H,20,24)(H2,21,23,25). The van der Waals surface area contributed by atoms with E-state index in [0.29, 0.717) is 25.2 Å². The second-order valence-electron chi connectivity index (χ2n) is 5.55. The lowest BCUT2D eigenvalue weighted by Crippen LogP contribution is -2.45. The van der Waals surface area contributed by atoms with E-state index in [1.165, 1.54) is 6.20 Å². The highest BCUT2D eigenvalue weighted by Crippen LogP contribution is 2.04. The van der Waals surface area contributed by atoms with E-state index in [4.69, 9.17) is 0 Å². The summed E-state index contributed by atoms with van der Waals surface area (Å²) in [4.78, 5) is 27.5. The van der Waals surface area contributed by atoms with E-state index < -0.39 is 0 Å². The number of para-hydroxylation sites is 1. The van der Waals surface area contributed by atoms with Crippen LogP contribution in [-0.2, 0) is 0 Å². The quantitative estimate of drug-likeness (QED) is 0.549. The molecule has 2 rings (SSSR count). The van der Waals surface area contributed by atoms with E-state index in [1.807, 2.05) is 37.3 Å². The molecule has 0 bridgehead atoms. The molecule has 0 aliphatic carbocycles. The fourth-order valence-electron chi connectivity index (χ4n) is 2.10. The third kappa shape index (κ3) is 6.90. The number of pyridine rings is 1. The van der Waals surface area contributed by atoms with Crippen LogP contribution < -0.4 is 21.3 Å². The maximum Gasteiger partial charge on any atom is 0.315 e. The van der Waals surface area contributed by atoms with Crippen molar-refractivity contribution in [2.45, 2.75) is 13.0 Å². The Kier molecular flexibility index (Phi) is 7.24. The van der Waals surface area contributed by atoms with Gasteiger partial charge in [0.15, 0.2) is 0 Å². The van der Waals surface area contributed by atoms with Gasteiger partial charge in [-0.3, -0.25) is 9.78 Å². The Balaban J connectivity index is 1.58. The molecule has 1 aromatic carbocycles. The number of nitrogens with one attached hydrogen (secondary N) is 4. The molecule has 0 fully saturated rings. The summed E-state index contributed by atoms with van der Waals surface area (Å²) in [5, 5.41) is 11.5. The zero-order chi connectivity index (χ0) is 17.9. The average molecular weight is 341 g/mol. The minimum Gasteiger partial charge on any atom is -0.383 e. The number of carbonyl (C=O) groups is 2. The van der Waals surface area contributed by atoms with Crippen LogP contribution in [0.25, 0.3) is 0 Å². The molecule has 0 saturated heterocycles. The van der Waals surface area contributed by atoms with E-state index in [0.717, 1.165) is 5.69 Å². The van der Waals surface area contributed by atoms with Gasteiger partial charge in [0.2, 0.25) is 0 Å². The minimum absolute atomic E-state index is 0.0369. The number of anilines is 1.